The van der Waals surface area contributed by atoms with Gasteiger partial charge in [-0.2, -0.15) is 0 Å². The number of carbonyl (C=O) groups excluding carboxylic acids is 2. The molecule has 20 heavy (non-hydrogen) atoms. The van der Waals surface area contributed by atoms with Crippen LogP contribution in [0.3, 0.4) is 0 Å². The second kappa shape index (κ2) is 6.05. The minimum atomic E-state index is -0.120. The van der Waals surface area contributed by atoms with Gasteiger partial charge in [0.1, 0.15) is 0 Å². The van der Waals surface area contributed by atoms with Crippen LogP contribution in [0.4, 0.5) is 5.69 Å². The predicted molar refractivity (Wildman–Crippen MR) is 76.7 cm³/mol. The van der Waals surface area contributed by atoms with E-state index in [1.54, 1.807) is 36.2 Å². The predicted octanol–water partition coefficient (Wildman–Crippen LogP) is 1.27. The van der Waals surface area contributed by atoms with Crippen LogP contribution in [0.1, 0.15) is 30.1 Å². The first-order chi connectivity index (χ1) is 9.56. The summed E-state index contributed by atoms with van der Waals surface area (Å²) in [5.41, 5.74) is 1.11. The van der Waals surface area contributed by atoms with Gasteiger partial charge in [0, 0.05) is 20.5 Å². The van der Waals surface area contributed by atoms with E-state index in [0.29, 0.717) is 17.8 Å². The van der Waals surface area contributed by atoms with Crippen LogP contribution in [0.5, 0.6) is 0 Å². The normalized spacial score (nSPS) is 18.1. The summed E-state index contributed by atoms with van der Waals surface area (Å²) in [7, 11) is 1.65. The van der Waals surface area contributed by atoms with Crippen LogP contribution in [0.25, 0.3) is 0 Å². The smallest absolute Gasteiger partial charge is 0.256 e. The third-order valence-corrected chi connectivity index (χ3v) is 3.82. The van der Waals surface area contributed by atoms with Crippen molar-refractivity contribution in [1.82, 2.24) is 4.90 Å². The minimum absolute atomic E-state index is 0.0174. The fraction of sp³-hybridized carbons (Fsp3) is 0.467. The van der Waals surface area contributed by atoms with Gasteiger partial charge in [0.2, 0.25) is 5.91 Å². The van der Waals surface area contributed by atoms with Gasteiger partial charge in [-0.25, -0.2) is 0 Å². The Balaban J connectivity index is 2.33. The first-order valence-electron chi connectivity index (χ1n) is 6.81. The Morgan fingerprint density at radius 3 is 2.75 bits per heavy atom. The van der Waals surface area contributed by atoms with E-state index in [4.69, 9.17) is 0 Å². The number of para-hydroxylation sites is 1. The summed E-state index contributed by atoms with van der Waals surface area (Å²) in [6.45, 7) is 2.10. The maximum absolute atomic E-state index is 12.6. The van der Waals surface area contributed by atoms with Crippen molar-refractivity contribution in [2.45, 2.75) is 25.8 Å². The van der Waals surface area contributed by atoms with E-state index < -0.39 is 0 Å². The van der Waals surface area contributed by atoms with Crippen LogP contribution >= 0.6 is 0 Å². The topological polar surface area (TPSA) is 60.9 Å². The van der Waals surface area contributed by atoms with Crippen molar-refractivity contribution in [3.8, 4) is 0 Å². The molecule has 0 saturated carbocycles. The zero-order valence-electron chi connectivity index (χ0n) is 11.9. The molecule has 0 aliphatic carbocycles. The number of rotatable bonds is 3. The second-order valence-electron chi connectivity index (χ2n) is 5.07. The number of anilines is 1. The highest BCUT2D eigenvalue weighted by Crippen LogP contribution is 2.25. The number of hydrogen-bond acceptors (Lipinski definition) is 3. The average Bonchev–Trinajstić information content (AvgIpc) is 2.94. The Hall–Kier alpha value is -1.88. The number of benzene rings is 1. The Kier molecular flexibility index (Phi) is 4.39. The number of amides is 2. The Labute approximate surface area is 118 Å². The second-order valence-corrected chi connectivity index (χ2v) is 5.07. The first kappa shape index (κ1) is 14.5. The van der Waals surface area contributed by atoms with Crippen molar-refractivity contribution in [1.29, 1.82) is 0 Å². The van der Waals surface area contributed by atoms with E-state index in [1.807, 2.05) is 0 Å². The molecule has 108 valence electrons. The van der Waals surface area contributed by atoms with Crippen LogP contribution in [0.15, 0.2) is 24.3 Å². The third kappa shape index (κ3) is 2.67. The summed E-state index contributed by atoms with van der Waals surface area (Å²) < 4.78 is 0. The van der Waals surface area contributed by atoms with Gasteiger partial charge in [-0.1, -0.05) is 12.1 Å². The molecule has 5 nitrogen and oxygen atoms in total. The minimum Gasteiger partial charge on any atom is -0.394 e. The molecule has 0 radical (unpaired) electrons. The highest BCUT2D eigenvalue weighted by Gasteiger charge is 2.30. The number of hydrogen-bond donors (Lipinski definition) is 1. The fourth-order valence-corrected chi connectivity index (χ4v) is 2.56. The molecule has 0 spiro atoms. The lowest BCUT2D eigenvalue weighted by Crippen LogP contribution is -2.38. The van der Waals surface area contributed by atoms with Crippen LogP contribution in [-0.4, -0.2) is 48.1 Å². The molecular weight excluding hydrogens is 256 g/mol. The van der Waals surface area contributed by atoms with Crippen LogP contribution < -0.4 is 4.90 Å². The maximum Gasteiger partial charge on any atom is 0.256 e. The molecule has 1 fully saturated rings. The van der Waals surface area contributed by atoms with Crippen LogP contribution in [0.2, 0.25) is 0 Å². The zero-order chi connectivity index (χ0) is 14.7. The monoisotopic (exact) mass is 276 g/mol. The molecule has 0 bridgehead atoms. The fourth-order valence-electron chi connectivity index (χ4n) is 2.56. The standard InChI is InChI=1S/C15H20N2O3/c1-11(19)16(2)14-8-4-3-7-13(14)15(20)17-9-5-6-12(17)10-18/h3-4,7-8,12,18H,5-6,9-10H2,1-2H3. The molecule has 5 heteroatoms. The molecule has 1 N–H and O–H groups in total. The van der Waals surface area contributed by atoms with E-state index >= 15 is 0 Å². The van der Waals surface area contributed by atoms with Crippen LogP contribution in [0, 0.1) is 0 Å². The van der Waals surface area contributed by atoms with Gasteiger partial charge >= 0.3 is 0 Å². The van der Waals surface area contributed by atoms with E-state index in [0.717, 1.165) is 12.8 Å². The van der Waals surface area contributed by atoms with Crippen LogP contribution in [-0.2, 0) is 4.79 Å². The van der Waals surface area contributed by atoms with E-state index in [9.17, 15) is 14.7 Å². The lowest BCUT2D eigenvalue weighted by atomic mass is 10.1. The summed E-state index contributed by atoms with van der Waals surface area (Å²) in [5, 5.41) is 9.34. The Morgan fingerprint density at radius 1 is 1.40 bits per heavy atom. The average molecular weight is 276 g/mol. The van der Waals surface area contributed by atoms with Gasteiger partial charge in [-0.05, 0) is 25.0 Å². The first-order valence-corrected chi connectivity index (χ1v) is 6.81. The molecule has 1 heterocycles. The molecule has 1 unspecified atom stereocenters. The van der Waals surface area contributed by atoms with Gasteiger partial charge < -0.3 is 14.9 Å². The number of carbonyl (C=O) groups is 2. The number of aliphatic hydroxyl groups is 1. The van der Waals surface area contributed by atoms with Crippen molar-refractivity contribution in [3.05, 3.63) is 29.8 Å². The highest BCUT2D eigenvalue weighted by atomic mass is 16.3. The zero-order valence-corrected chi connectivity index (χ0v) is 11.9. The van der Waals surface area contributed by atoms with Crippen molar-refractivity contribution in [2.24, 2.45) is 0 Å². The van der Waals surface area contributed by atoms with E-state index in [1.165, 1.54) is 11.8 Å². The highest BCUT2D eigenvalue weighted by molar-refractivity contribution is 6.04. The van der Waals surface area contributed by atoms with E-state index in [-0.39, 0.29) is 24.5 Å². The lowest BCUT2D eigenvalue weighted by Gasteiger charge is -2.26. The molecule has 2 rings (SSSR count). The summed E-state index contributed by atoms with van der Waals surface area (Å²) in [4.78, 5) is 27.3. The maximum atomic E-state index is 12.6. The van der Waals surface area contributed by atoms with Gasteiger partial charge in [0.25, 0.3) is 5.91 Å². The van der Waals surface area contributed by atoms with Crippen molar-refractivity contribution in [3.63, 3.8) is 0 Å². The van der Waals surface area contributed by atoms with Crippen molar-refractivity contribution < 1.29 is 14.7 Å². The molecule has 1 aliphatic rings. The summed E-state index contributed by atoms with van der Waals surface area (Å²) >= 11 is 0. The lowest BCUT2D eigenvalue weighted by molar-refractivity contribution is -0.116. The third-order valence-electron chi connectivity index (χ3n) is 3.82. The molecule has 0 aromatic heterocycles. The van der Waals surface area contributed by atoms with Gasteiger partial charge in [0.05, 0.1) is 23.9 Å². The molecule has 1 atom stereocenters. The van der Waals surface area contributed by atoms with Gasteiger partial charge in [-0.15, -0.1) is 0 Å². The van der Waals surface area contributed by atoms with Crippen molar-refractivity contribution in [2.75, 3.05) is 25.1 Å². The number of likely N-dealkylation sites (tertiary alicyclic amines) is 1. The Bertz CT molecular complexity index is 516. The molecule has 1 aliphatic heterocycles. The summed E-state index contributed by atoms with van der Waals surface area (Å²) in [6.07, 6.45) is 1.73. The van der Waals surface area contributed by atoms with Crippen molar-refractivity contribution >= 4 is 17.5 Å². The molecule has 2 amide bonds. The largest absolute Gasteiger partial charge is 0.394 e. The molecular formula is C15H20N2O3. The molecule has 1 aromatic carbocycles. The van der Waals surface area contributed by atoms with E-state index in [2.05, 4.69) is 0 Å². The van der Waals surface area contributed by atoms with Gasteiger partial charge in [0.15, 0.2) is 0 Å². The summed E-state index contributed by atoms with van der Waals surface area (Å²) in [5.74, 6) is -0.240. The SMILES string of the molecule is CC(=O)N(C)c1ccccc1C(=O)N1CCCC1CO. The molecule has 1 saturated heterocycles. The molecule has 1 aromatic rings. The number of nitrogens with zero attached hydrogens (tertiary/aromatic N) is 2. The quantitative estimate of drug-likeness (QED) is 0.904. The number of aliphatic hydroxyl groups excluding tert-OH is 1. The Morgan fingerprint density at radius 2 is 2.10 bits per heavy atom. The van der Waals surface area contributed by atoms with Gasteiger partial charge in [-0.3, -0.25) is 9.59 Å². The summed E-state index contributed by atoms with van der Waals surface area (Å²) in [6, 6.07) is 6.97.